The van der Waals surface area contributed by atoms with Crippen LogP contribution in [-0.4, -0.2) is 16.0 Å². The zero-order valence-electron chi connectivity index (χ0n) is 10.2. The molecule has 3 aromatic rings. The molecule has 1 unspecified atom stereocenters. The predicted molar refractivity (Wildman–Crippen MR) is 76.8 cm³/mol. The Hall–Kier alpha value is -1.65. The van der Waals surface area contributed by atoms with Gasteiger partial charge in [0.1, 0.15) is 5.82 Å². The summed E-state index contributed by atoms with van der Waals surface area (Å²) in [4.78, 5) is 8.94. The van der Waals surface area contributed by atoms with Gasteiger partial charge in [0.15, 0.2) is 0 Å². The van der Waals surface area contributed by atoms with Gasteiger partial charge in [0, 0.05) is 17.2 Å². The summed E-state index contributed by atoms with van der Waals surface area (Å²) in [7, 11) is 0. The molecular weight excluding hydrogens is 242 g/mol. The van der Waals surface area contributed by atoms with Crippen LogP contribution in [0.25, 0.3) is 20.7 Å². The van der Waals surface area contributed by atoms with E-state index in [1.807, 2.05) is 13.1 Å². The quantitative estimate of drug-likeness (QED) is 0.757. The molecule has 2 aromatic heterocycles. The molecule has 2 heterocycles. The number of hydrogen-bond acceptors (Lipinski definition) is 3. The van der Waals surface area contributed by atoms with Crippen molar-refractivity contribution in [2.45, 2.75) is 19.4 Å². The summed E-state index contributed by atoms with van der Waals surface area (Å²) in [5, 5.41) is 1.28. The molecule has 0 aliphatic heterocycles. The number of rotatable bonds is 3. The number of nitrogens with two attached hydrogens (primary N) is 1. The highest BCUT2D eigenvalue weighted by molar-refractivity contribution is 7.22. The molecule has 4 heteroatoms. The fraction of sp³-hybridized carbons (Fsp3) is 0.214. The van der Waals surface area contributed by atoms with Crippen molar-refractivity contribution in [3.05, 3.63) is 42.4 Å². The molecule has 92 valence electrons. The van der Waals surface area contributed by atoms with E-state index in [0.29, 0.717) is 0 Å². The van der Waals surface area contributed by atoms with Gasteiger partial charge in [-0.3, -0.25) is 0 Å². The minimum absolute atomic E-state index is 0.131. The van der Waals surface area contributed by atoms with Crippen molar-refractivity contribution in [1.82, 2.24) is 9.97 Å². The average Bonchev–Trinajstić information content (AvgIpc) is 2.93. The van der Waals surface area contributed by atoms with Crippen molar-refractivity contribution < 1.29 is 0 Å². The van der Waals surface area contributed by atoms with Crippen LogP contribution in [0.1, 0.15) is 12.7 Å². The van der Waals surface area contributed by atoms with Crippen LogP contribution in [0.3, 0.4) is 0 Å². The molecule has 0 spiro atoms. The topological polar surface area (TPSA) is 54.7 Å². The molecule has 0 radical (unpaired) electrons. The molecule has 1 atom stereocenters. The largest absolute Gasteiger partial charge is 0.341 e. The first-order chi connectivity index (χ1) is 8.72. The standard InChI is InChI=1S/C14H15N3S/c1-9(15)6-14-16-8-11(17-14)13-7-10-4-2-3-5-12(10)18-13/h2-5,7-9H,6,15H2,1H3,(H,16,17). The van der Waals surface area contributed by atoms with Crippen LogP contribution in [0.5, 0.6) is 0 Å². The Kier molecular flexibility index (Phi) is 2.89. The van der Waals surface area contributed by atoms with Gasteiger partial charge in [-0.15, -0.1) is 11.3 Å². The van der Waals surface area contributed by atoms with Crippen molar-refractivity contribution >= 4 is 21.4 Å². The Morgan fingerprint density at radius 3 is 3.00 bits per heavy atom. The summed E-state index contributed by atoms with van der Waals surface area (Å²) in [6, 6.07) is 10.7. The zero-order valence-corrected chi connectivity index (χ0v) is 11.0. The number of imidazole rings is 1. The lowest BCUT2D eigenvalue weighted by atomic mass is 10.2. The molecule has 18 heavy (non-hydrogen) atoms. The van der Waals surface area contributed by atoms with Gasteiger partial charge in [0.2, 0.25) is 0 Å². The van der Waals surface area contributed by atoms with E-state index < -0.39 is 0 Å². The summed E-state index contributed by atoms with van der Waals surface area (Å²) >= 11 is 1.78. The molecule has 3 nitrogen and oxygen atoms in total. The third-order valence-corrected chi connectivity index (χ3v) is 3.98. The SMILES string of the molecule is CC(N)Cc1ncc(-c2cc3ccccc3s2)[nH]1. The summed E-state index contributed by atoms with van der Waals surface area (Å²) in [5.41, 5.74) is 6.85. The Morgan fingerprint density at radius 2 is 2.22 bits per heavy atom. The number of H-pyrrole nitrogens is 1. The summed E-state index contributed by atoms with van der Waals surface area (Å²) in [6.45, 7) is 1.99. The first-order valence-corrected chi connectivity index (χ1v) is 6.82. The first-order valence-electron chi connectivity index (χ1n) is 6.01. The molecule has 0 bridgehead atoms. The molecule has 0 fully saturated rings. The Balaban J connectivity index is 1.96. The van der Waals surface area contributed by atoms with Gasteiger partial charge in [-0.25, -0.2) is 4.98 Å². The van der Waals surface area contributed by atoms with Crippen LogP contribution >= 0.6 is 11.3 Å². The van der Waals surface area contributed by atoms with Crippen LogP contribution in [0.4, 0.5) is 0 Å². The minimum Gasteiger partial charge on any atom is -0.341 e. The van der Waals surface area contributed by atoms with Gasteiger partial charge in [-0.2, -0.15) is 0 Å². The molecule has 1 aromatic carbocycles. The zero-order chi connectivity index (χ0) is 12.5. The monoisotopic (exact) mass is 257 g/mol. The van der Waals surface area contributed by atoms with Gasteiger partial charge in [-0.1, -0.05) is 18.2 Å². The van der Waals surface area contributed by atoms with Crippen LogP contribution < -0.4 is 5.73 Å². The van der Waals surface area contributed by atoms with Crippen molar-refractivity contribution in [3.8, 4) is 10.6 Å². The maximum atomic E-state index is 5.78. The molecule has 0 amide bonds. The van der Waals surface area contributed by atoms with E-state index in [-0.39, 0.29) is 6.04 Å². The smallest absolute Gasteiger partial charge is 0.108 e. The average molecular weight is 257 g/mol. The predicted octanol–water partition coefficient (Wildman–Crippen LogP) is 3.18. The van der Waals surface area contributed by atoms with Crippen molar-refractivity contribution in [2.24, 2.45) is 5.73 Å². The highest BCUT2D eigenvalue weighted by Crippen LogP contribution is 2.32. The van der Waals surface area contributed by atoms with Gasteiger partial charge in [0.25, 0.3) is 0 Å². The minimum atomic E-state index is 0.131. The van der Waals surface area contributed by atoms with Crippen LogP contribution in [0.2, 0.25) is 0 Å². The highest BCUT2D eigenvalue weighted by Gasteiger charge is 2.08. The van der Waals surface area contributed by atoms with E-state index in [2.05, 4.69) is 40.3 Å². The number of aromatic nitrogens is 2. The first kappa shape index (κ1) is 11.4. The Morgan fingerprint density at radius 1 is 1.39 bits per heavy atom. The summed E-state index contributed by atoms with van der Waals surface area (Å²) in [6.07, 6.45) is 2.67. The normalized spacial score (nSPS) is 13.0. The summed E-state index contributed by atoms with van der Waals surface area (Å²) in [5.74, 6) is 0.956. The number of benzene rings is 1. The number of aromatic amines is 1. The third-order valence-electron chi connectivity index (χ3n) is 2.83. The van der Waals surface area contributed by atoms with Crippen molar-refractivity contribution in [3.63, 3.8) is 0 Å². The van der Waals surface area contributed by atoms with E-state index in [4.69, 9.17) is 5.73 Å². The molecule has 0 aliphatic carbocycles. The number of hydrogen-bond donors (Lipinski definition) is 2. The van der Waals surface area contributed by atoms with Gasteiger partial charge in [0.05, 0.1) is 16.8 Å². The van der Waals surface area contributed by atoms with Gasteiger partial charge in [-0.05, 0) is 24.4 Å². The van der Waals surface area contributed by atoms with Crippen molar-refractivity contribution in [2.75, 3.05) is 0 Å². The van der Waals surface area contributed by atoms with Crippen LogP contribution in [0.15, 0.2) is 36.5 Å². The van der Waals surface area contributed by atoms with Crippen LogP contribution in [-0.2, 0) is 6.42 Å². The van der Waals surface area contributed by atoms with E-state index in [1.54, 1.807) is 11.3 Å². The highest BCUT2D eigenvalue weighted by atomic mass is 32.1. The fourth-order valence-corrected chi connectivity index (χ4v) is 3.04. The lowest BCUT2D eigenvalue weighted by Gasteiger charge is -1.99. The second-order valence-electron chi connectivity index (χ2n) is 4.57. The van der Waals surface area contributed by atoms with Crippen molar-refractivity contribution in [1.29, 1.82) is 0 Å². The second kappa shape index (κ2) is 4.55. The number of fused-ring (bicyclic) bond motifs is 1. The Labute approximate surface area is 110 Å². The van der Waals surface area contributed by atoms with E-state index in [0.717, 1.165) is 17.9 Å². The maximum absolute atomic E-state index is 5.78. The van der Waals surface area contributed by atoms with E-state index in [1.165, 1.54) is 15.0 Å². The third kappa shape index (κ3) is 2.17. The fourth-order valence-electron chi connectivity index (χ4n) is 2.01. The van der Waals surface area contributed by atoms with Gasteiger partial charge < -0.3 is 10.7 Å². The molecule has 0 saturated carbocycles. The molecule has 3 rings (SSSR count). The maximum Gasteiger partial charge on any atom is 0.108 e. The number of thiophene rings is 1. The molecule has 3 N–H and O–H groups in total. The van der Waals surface area contributed by atoms with E-state index >= 15 is 0 Å². The summed E-state index contributed by atoms with van der Waals surface area (Å²) < 4.78 is 1.30. The number of nitrogens with one attached hydrogen (secondary N) is 1. The molecule has 0 saturated heterocycles. The second-order valence-corrected chi connectivity index (χ2v) is 5.66. The lowest BCUT2D eigenvalue weighted by Crippen LogP contribution is -2.18. The lowest BCUT2D eigenvalue weighted by molar-refractivity contribution is 0.710. The van der Waals surface area contributed by atoms with E-state index in [9.17, 15) is 0 Å². The van der Waals surface area contributed by atoms with Gasteiger partial charge >= 0.3 is 0 Å². The Bertz CT molecular complexity index is 633. The molecule has 0 aliphatic rings. The number of nitrogens with zero attached hydrogens (tertiary/aromatic N) is 1. The molecular formula is C14H15N3S. The van der Waals surface area contributed by atoms with Crippen LogP contribution in [0, 0.1) is 0 Å².